The van der Waals surface area contributed by atoms with Gasteiger partial charge in [-0.25, -0.2) is 4.79 Å². The molecule has 6 nitrogen and oxygen atoms in total. The topological polar surface area (TPSA) is 121 Å². The van der Waals surface area contributed by atoms with E-state index in [4.69, 9.17) is 5.11 Å². The predicted octanol–water partition coefficient (Wildman–Crippen LogP) is -0.967. The molecule has 0 aromatic carbocycles. The fraction of sp³-hybridized carbons (Fsp3) is 0.429. The predicted molar refractivity (Wildman–Crippen MR) is 57.9 cm³/mol. The maximum Gasteiger partial charge on any atom is 0.352 e. The Bertz CT molecular complexity index is 295. The number of halogens is 1. The first kappa shape index (κ1) is 16.7. The van der Waals surface area contributed by atoms with E-state index in [1.165, 1.54) is 4.90 Å². The Morgan fingerprint density at radius 2 is 2.13 bits per heavy atom. The van der Waals surface area contributed by atoms with Crippen molar-refractivity contribution in [3.05, 3.63) is 11.8 Å². The maximum atomic E-state index is 11.0. The number of aliphatic carboxylic acids is 1. The second kappa shape index (κ2) is 5.96. The minimum absolute atomic E-state index is 0. The summed E-state index contributed by atoms with van der Waals surface area (Å²) in [5.41, 5.74) is 0.148. The van der Waals surface area contributed by atoms with Crippen LogP contribution in [0.5, 0.6) is 0 Å². The van der Waals surface area contributed by atoms with Crippen LogP contribution in [0.4, 0.5) is 0 Å². The van der Waals surface area contributed by atoms with Crippen LogP contribution in [0.25, 0.3) is 0 Å². The monoisotopic (exact) mass is 257 g/mol. The third kappa shape index (κ3) is 2.63. The molecule has 15 heavy (non-hydrogen) atoms. The Kier molecular flexibility index (Phi) is 6.62. The number of nitrogens with zero attached hydrogens (tertiary/aromatic N) is 1. The fourth-order valence-electron chi connectivity index (χ4n) is 1.34. The molecule has 1 atom stereocenters. The van der Waals surface area contributed by atoms with Crippen molar-refractivity contribution in [2.24, 2.45) is 0 Å². The molecule has 0 bridgehead atoms. The zero-order valence-electron chi connectivity index (χ0n) is 7.60. The number of hydrogen-bond donors (Lipinski definition) is 1. The number of fused-ring (bicyclic) bond motifs is 1. The third-order valence-electron chi connectivity index (χ3n) is 1.95. The quantitative estimate of drug-likeness (QED) is 0.608. The van der Waals surface area contributed by atoms with E-state index < -0.39 is 5.97 Å². The molecule has 2 aliphatic rings. The van der Waals surface area contributed by atoms with E-state index in [2.05, 4.69) is 0 Å². The zero-order valence-corrected chi connectivity index (χ0v) is 9.23. The van der Waals surface area contributed by atoms with Gasteiger partial charge in [-0.05, 0) is 6.08 Å². The Balaban J connectivity index is 0. The summed E-state index contributed by atoms with van der Waals surface area (Å²) in [6, 6.07) is 0. The van der Waals surface area contributed by atoms with Crippen LogP contribution >= 0.6 is 24.2 Å². The normalized spacial score (nSPS) is 21.9. The van der Waals surface area contributed by atoms with E-state index in [9.17, 15) is 9.59 Å². The highest BCUT2D eigenvalue weighted by Crippen LogP contribution is 2.36. The molecule has 0 aromatic rings. The van der Waals surface area contributed by atoms with Crippen LogP contribution in [0.1, 0.15) is 6.42 Å². The van der Waals surface area contributed by atoms with Crippen LogP contribution < -0.4 is 0 Å². The Labute approximate surface area is 96.3 Å². The number of carbonyl (C=O) groups is 2. The maximum absolute atomic E-state index is 11.0. The minimum Gasteiger partial charge on any atom is -0.477 e. The van der Waals surface area contributed by atoms with Gasteiger partial charge in [0.05, 0.1) is 11.8 Å². The molecule has 0 aliphatic carbocycles. The van der Waals surface area contributed by atoms with Crippen molar-refractivity contribution in [1.82, 2.24) is 4.90 Å². The van der Waals surface area contributed by atoms with Crippen molar-refractivity contribution in [2.45, 2.75) is 11.8 Å². The molecule has 0 aromatic heterocycles. The molecule has 0 saturated carbocycles. The first-order valence-corrected chi connectivity index (χ1v) is 4.62. The number of thioether (sulfide) groups is 1. The van der Waals surface area contributed by atoms with E-state index in [0.717, 1.165) is 0 Å². The van der Waals surface area contributed by atoms with Crippen LogP contribution in [-0.2, 0) is 9.59 Å². The second-order valence-corrected chi connectivity index (χ2v) is 3.86. The Morgan fingerprint density at radius 3 is 2.53 bits per heavy atom. The number of carboxylic acid groups (broad SMARTS) is 1. The molecule has 8 heteroatoms. The van der Waals surface area contributed by atoms with Crippen LogP contribution in [0, 0.1) is 0 Å². The average molecular weight is 258 g/mol. The van der Waals surface area contributed by atoms with Crippen LogP contribution in [0.15, 0.2) is 11.8 Å². The van der Waals surface area contributed by atoms with Gasteiger partial charge in [-0.1, -0.05) is 0 Å². The molecule has 0 radical (unpaired) electrons. The lowest BCUT2D eigenvalue weighted by Crippen LogP contribution is -2.52. The lowest BCUT2D eigenvalue weighted by atomic mass is 10.1. The molecule has 1 fully saturated rings. The minimum atomic E-state index is -1.01. The summed E-state index contributed by atoms with van der Waals surface area (Å²) in [6.07, 6.45) is 2.07. The number of amides is 1. The largest absolute Gasteiger partial charge is 0.477 e. The van der Waals surface area contributed by atoms with Gasteiger partial charge in [-0.3, -0.25) is 9.69 Å². The third-order valence-corrected chi connectivity index (χ3v) is 3.07. The number of hydrogen-bond acceptors (Lipinski definition) is 3. The Hall–Kier alpha value is -0.760. The van der Waals surface area contributed by atoms with Gasteiger partial charge >= 0.3 is 5.97 Å². The molecule has 5 N–H and O–H groups in total. The highest BCUT2D eigenvalue weighted by atomic mass is 35.5. The summed E-state index contributed by atoms with van der Waals surface area (Å²) in [4.78, 5) is 23.0. The Morgan fingerprint density at radius 1 is 1.53 bits per heavy atom. The first-order chi connectivity index (χ1) is 5.70. The van der Waals surface area contributed by atoms with Crippen LogP contribution in [0.3, 0.4) is 0 Å². The van der Waals surface area contributed by atoms with Gasteiger partial charge in [0.2, 0.25) is 5.91 Å². The molecular weight excluding hydrogens is 246 g/mol. The van der Waals surface area contributed by atoms with E-state index in [0.29, 0.717) is 12.2 Å². The number of β-lactam (4-membered cyclic amide) rings is 1. The summed E-state index contributed by atoms with van der Waals surface area (Å²) in [5, 5.41) is 8.78. The van der Waals surface area contributed by atoms with Gasteiger partial charge < -0.3 is 16.1 Å². The average Bonchev–Trinajstić information content (AvgIpc) is 2.01. The lowest BCUT2D eigenvalue weighted by molar-refractivity contribution is -0.146. The van der Waals surface area contributed by atoms with Crippen molar-refractivity contribution in [1.29, 1.82) is 0 Å². The van der Waals surface area contributed by atoms with Gasteiger partial charge in [-0.2, -0.15) is 0 Å². The van der Waals surface area contributed by atoms with Crippen molar-refractivity contribution < 1.29 is 25.6 Å². The van der Waals surface area contributed by atoms with Crippen LogP contribution in [-0.4, -0.2) is 44.0 Å². The number of carbonyl (C=O) groups excluding carboxylic acids is 1. The molecule has 0 unspecified atom stereocenters. The second-order valence-electron chi connectivity index (χ2n) is 2.65. The van der Waals surface area contributed by atoms with E-state index in [-0.39, 0.29) is 40.3 Å². The molecule has 2 rings (SSSR count). The molecular formula is C7H12ClNO5S. The van der Waals surface area contributed by atoms with E-state index >= 15 is 0 Å². The lowest BCUT2D eigenvalue weighted by Gasteiger charge is -2.42. The van der Waals surface area contributed by atoms with Gasteiger partial charge in [0, 0.05) is 5.75 Å². The molecule has 0 spiro atoms. The van der Waals surface area contributed by atoms with Gasteiger partial charge in [0.25, 0.3) is 0 Å². The zero-order chi connectivity index (χ0) is 8.72. The highest BCUT2D eigenvalue weighted by Gasteiger charge is 2.42. The number of rotatable bonds is 1. The van der Waals surface area contributed by atoms with E-state index in [1.807, 2.05) is 0 Å². The summed E-state index contributed by atoms with van der Waals surface area (Å²) in [7, 11) is 0. The summed E-state index contributed by atoms with van der Waals surface area (Å²) < 4.78 is 0. The van der Waals surface area contributed by atoms with Gasteiger partial charge in [0.15, 0.2) is 0 Å². The summed E-state index contributed by atoms with van der Waals surface area (Å²) in [5.74, 6) is -0.398. The first-order valence-electron chi connectivity index (χ1n) is 3.57. The summed E-state index contributed by atoms with van der Waals surface area (Å²) in [6.45, 7) is 0. The van der Waals surface area contributed by atoms with Crippen molar-refractivity contribution in [2.75, 3.05) is 5.75 Å². The molecule has 2 aliphatic heterocycles. The SMILES string of the molecule is Cl.O.O.O=C(O)C1=CCS[C@@H]2CC(=O)N12. The van der Waals surface area contributed by atoms with Crippen LogP contribution in [0.2, 0.25) is 0 Å². The molecule has 2 heterocycles. The highest BCUT2D eigenvalue weighted by molar-refractivity contribution is 8.00. The fourth-order valence-corrected chi connectivity index (χ4v) is 2.45. The van der Waals surface area contributed by atoms with E-state index in [1.54, 1.807) is 17.8 Å². The molecule has 1 amide bonds. The standard InChI is InChI=1S/C7H7NO3S.ClH.2H2O/c9-5-3-6-8(5)4(7(10)11)1-2-12-6;;;/h1,6H,2-3H2,(H,10,11);1H;2*1H2/t6-;;;/m1.../s1. The smallest absolute Gasteiger partial charge is 0.352 e. The van der Waals surface area contributed by atoms with Gasteiger partial charge in [0.1, 0.15) is 5.70 Å². The summed E-state index contributed by atoms with van der Waals surface area (Å²) >= 11 is 1.60. The van der Waals surface area contributed by atoms with Gasteiger partial charge in [-0.15, -0.1) is 24.2 Å². The molecule has 1 saturated heterocycles. The van der Waals surface area contributed by atoms with Crippen molar-refractivity contribution >= 4 is 36.0 Å². The van der Waals surface area contributed by atoms with Crippen molar-refractivity contribution in [3.8, 4) is 0 Å². The molecule has 88 valence electrons. The number of carboxylic acids is 1. The van der Waals surface area contributed by atoms with Crippen molar-refractivity contribution in [3.63, 3.8) is 0 Å².